The summed E-state index contributed by atoms with van der Waals surface area (Å²) in [6.07, 6.45) is 7.04. The minimum atomic E-state index is -0.158. The van der Waals surface area contributed by atoms with Crippen molar-refractivity contribution in [2.24, 2.45) is 5.92 Å². The first-order valence-electron chi connectivity index (χ1n) is 10.7. The van der Waals surface area contributed by atoms with Gasteiger partial charge < -0.3 is 15.1 Å². The number of hydrogen-bond acceptors (Lipinski definition) is 7. The highest BCUT2D eigenvalue weighted by Crippen LogP contribution is 2.27. The van der Waals surface area contributed by atoms with Crippen LogP contribution in [0.5, 0.6) is 0 Å². The molecular formula is C20H30N6O2S. The summed E-state index contributed by atoms with van der Waals surface area (Å²) in [7, 11) is 0. The predicted octanol–water partition coefficient (Wildman–Crippen LogP) is 1.67. The van der Waals surface area contributed by atoms with E-state index in [1.54, 1.807) is 0 Å². The molecule has 9 heteroatoms. The number of likely N-dealkylation sites (tertiary alicyclic amines) is 1. The highest BCUT2D eigenvalue weighted by molar-refractivity contribution is 7.20. The average Bonchev–Trinajstić information content (AvgIpc) is 2.97. The number of piperidine rings is 1. The number of nitrogens with zero attached hydrogens (tertiary/aromatic N) is 5. The Hall–Kier alpha value is -2.00. The number of anilines is 1. The van der Waals surface area contributed by atoms with Gasteiger partial charge in [-0.05, 0) is 45.7 Å². The van der Waals surface area contributed by atoms with Crippen LogP contribution in [0.25, 0.3) is 4.96 Å². The van der Waals surface area contributed by atoms with Crippen LogP contribution < -0.4 is 15.8 Å². The maximum absolute atomic E-state index is 12.7. The van der Waals surface area contributed by atoms with E-state index in [9.17, 15) is 9.59 Å². The van der Waals surface area contributed by atoms with Crippen LogP contribution in [0.4, 0.5) is 5.13 Å². The molecule has 0 radical (unpaired) electrons. The van der Waals surface area contributed by atoms with Crippen LogP contribution in [0.1, 0.15) is 44.2 Å². The van der Waals surface area contributed by atoms with Crippen LogP contribution >= 0.6 is 11.3 Å². The van der Waals surface area contributed by atoms with Crippen molar-refractivity contribution in [3.05, 3.63) is 22.1 Å². The lowest BCUT2D eigenvalue weighted by Crippen LogP contribution is -2.45. The van der Waals surface area contributed by atoms with Gasteiger partial charge in [-0.3, -0.25) is 9.59 Å². The zero-order chi connectivity index (χ0) is 20.2. The van der Waals surface area contributed by atoms with E-state index >= 15 is 0 Å². The van der Waals surface area contributed by atoms with Crippen molar-refractivity contribution in [1.29, 1.82) is 0 Å². The Labute approximate surface area is 174 Å². The number of aryl methyl sites for hydroxylation is 1. The van der Waals surface area contributed by atoms with Crippen LogP contribution in [0.3, 0.4) is 0 Å². The fourth-order valence-corrected chi connectivity index (χ4v) is 5.23. The monoisotopic (exact) mass is 418 g/mol. The summed E-state index contributed by atoms with van der Waals surface area (Å²) in [5, 5.41) is 8.36. The molecule has 1 atom stereocenters. The van der Waals surface area contributed by atoms with Crippen molar-refractivity contribution < 1.29 is 4.79 Å². The third-order valence-corrected chi connectivity index (χ3v) is 6.82. The number of carbonyl (C=O) groups is 1. The first-order valence-corrected chi connectivity index (χ1v) is 11.5. The molecule has 2 aliphatic rings. The highest BCUT2D eigenvalue weighted by Gasteiger charge is 2.28. The molecular weight excluding hydrogens is 388 g/mol. The standard InChI is InChI=1S/C20H30N6O2S/c1-15-13-17(27)26-19(22-15)29-20(23-26)25-11-6-7-16(14-25)18(28)21-8-12-24-9-4-2-3-5-10-24/h13,16H,2-12,14H2,1H3,(H,21,28)/t16-/m1/s1. The van der Waals surface area contributed by atoms with Crippen molar-refractivity contribution in [2.75, 3.05) is 44.2 Å². The second kappa shape index (κ2) is 9.21. The van der Waals surface area contributed by atoms with Crippen molar-refractivity contribution in [3.8, 4) is 0 Å². The largest absolute Gasteiger partial charge is 0.355 e. The molecule has 8 nitrogen and oxygen atoms in total. The summed E-state index contributed by atoms with van der Waals surface area (Å²) in [4.78, 5) is 34.4. The smallest absolute Gasteiger partial charge is 0.275 e. The summed E-state index contributed by atoms with van der Waals surface area (Å²) in [5.74, 6) is 0.100. The van der Waals surface area contributed by atoms with E-state index in [4.69, 9.17) is 0 Å². The Kier molecular flexibility index (Phi) is 6.44. The van der Waals surface area contributed by atoms with E-state index in [0.29, 0.717) is 17.2 Å². The quantitative estimate of drug-likeness (QED) is 0.795. The van der Waals surface area contributed by atoms with Crippen molar-refractivity contribution in [2.45, 2.75) is 45.4 Å². The fraction of sp³-hybridized carbons (Fsp3) is 0.700. The predicted molar refractivity (Wildman–Crippen MR) is 115 cm³/mol. The van der Waals surface area contributed by atoms with Gasteiger partial charge in [0.1, 0.15) is 0 Å². The van der Waals surface area contributed by atoms with Crippen LogP contribution in [0, 0.1) is 12.8 Å². The first kappa shape index (κ1) is 20.3. The van der Waals surface area contributed by atoms with Crippen molar-refractivity contribution >= 4 is 27.3 Å². The molecule has 0 spiro atoms. The normalized spacial score (nSPS) is 21.3. The molecule has 0 unspecified atom stereocenters. The van der Waals surface area contributed by atoms with Crippen LogP contribution in [-0.4, -0.2) is 64.7 Å². The third kappa shape index (κ3) is 4.95. The SMILES string of the molecule is Cc1cc(=O)n2nc(N3CCC[C@@H](C(=O)NCCN4CCCCCC4)C3)sc2n1. The Balaban J connectivity index is 1.33. The Morgan fingerprint density at radius 2 is 2.00 bits per heavy atom. The molecule has 29 heavy (non-hydrogen) atoms. The van der Waals surface area contributed by atoms with Gasteiger partial charge in [-0.1, -0.05) is 24.2 Å². The number of rotatable bonds is 5. The molecule has 2 aromatic heterocycles. The van der Waals surface area contributed by atoms with Gasteiger partial charge in [0, 0.05) is 37.9 Å². The van der Waals surface area contributed by atoms with Gasteiger partial charge in [-0.25, -0.2) is 4.98 Å². The summed E-state index contributed by atoms with van der Waals surface area (Å²) < 4.78 is 1.36. The second-order valence-electron chi connectivity index (χ2n) is 8.15. The molecule has 0 aromatic carbocycles. The molecule has 2 aromatic rings. The first-order chi connectivity index (χ1) is 14.1. The minimum absolute atomic E-state index is 0.0358. The fourth-order valence-electron chi connectivity index (χ4n) is 4.24. The maximum Gasteiger partial charge on any atom is 0.275 e. The molecule has 2 saturated heterocycles. The van der Waals surface area contributed by atoms with E-state index in [1.165, 1.54) is 47.6 Å². The lowest BCUT2D eigenvalue weighted by Gasteiger charge is -2.31. The van der Waals surface area contributed by atoms with Crippen molar-refractivity contribution in [3.63, 3.8) is 0 Å². The Morgan fingerprint density at radius 1 is 1.21 bits per heavy atom. The zero-order valence-electron chi connectivity index (χ0n) is 17.1. The Morgan fingerprint density at radius 3 is 2.79 bits per heavy atom. The molecule has 158 valence electrons. The van der Waals surface area contributed by atoms with Gasteiger partial charge in [-0.15, -0.1) is 5.10 Å². The van der Waals surface area contributed by atoms with Gasteiger partial charge in [0.2, 0.25) is 16.0 Å². The molecule has 0 saturated carbocycles. The number of hydrogen-bond donors (Lipinski definition) is 1. The molecule has 1 amide bonds. The number of amides is 1. The topological polar surface area (TPSA) is 82.8 Å². The molecule has 0 aliphatic carbocycles. The van der Waals surface area contributed by atoms with Gasteiger partial charge in [0.15, 0.2) is 0 Å². The van der Waals surface area contributed by atoms with Gasteiger partial charge in [-0.2, -0.15) is 4.52 Å². The number of fused-ring (bicyclic) bond motifs is 1. The summed E-state index contributed by atoms with van der Waals surface area (Å²) in [5.41, 5.74) is 0.542. The lowest BCUT2D eigenvalue weighted by atomic mass is 9.97. The number of carbonyl (C=O) groups excluding carboxylic acids is 1. The van der Waals surface area contributed by atoms with Crippen LogP contribution in [0.15, 0.2) is 10.9 Å². The van der Waals surface area contributed by atoms with E-state index in [1.807, 2.05) is 6.92 Å². The molecule has 4 heterocycles. The second-order valence-corrected chi connectivity index (χ2v) is 9.08. The summed E-state index contributed by atoms with van der Waals surface area (Å²) in [6.45, 7) is 7.26. The van der Waals surface area contributed by atoms with E-state index < -0.39 is 0 Å². The molecule has 2 fully saturated rings. The summed E-state index contributed by atoms with van der Waals surface area (Å²) >= 11 is 1.41. The number of aromatic nitrogens is 3. The van der Waals surface area contributed by atoms with E-state index in [0.717, 1.165) is 50.7 Å². The molecule has 1 N–H and O–H groups in total. The minimum Gasteiger partial charge on any atom is -0.355 e. The molecule has 2 aliphatic heterocycles. The number of nitrogens with one attached hydrogen (secondary N) is 1. The van der Waals surface area contributed by atoms with E-state index in [-0.39, 0.29) is 17.4 Å². The van der Waals surface area contributed by atoms with Gasteiger partial charge in [0.05, 0.1) is 5.92 Å². The molecule has 4 rings (SSSR count). The maximum atomic E-state index is 12.7. The van der Waals surface area contributed by atoms with Crippen molar-refractivity contribution in [1.82, 2.24) is 24.8 Å². The van der Waals surface area contributed by atoms with Crippen LogP contribution in [0.2, 0.25) is 0 Å². The van der Waals surface area contributed by atoms with Crippen LogP contribution in [-0.2, 0) is 4.79 Å². The van der Waals surface area contributed by atoms with E-state index in [2.05, 4.69) is 25.2 Å². The Bertz CT molecular complexity index is 902. The average molecular weight is 419 g/mol. The molecule has 0 bridgehead atoms. The van der Waals surface area contributed by atoms with Gasteiger partial charge in [0.25, 0.3) is 5.56 Å². The lowest BCUT2D eigenvalue weighted by molar-refractivity contribution is -0.125. The highest BCUT2D eigenvalue weighted by atomic mass is 32.1. The summed E-state index contributed by atoms with van der Waals surface area (Å²) in [6, 6.07) is 1.49. The third-order valence-electron chi connectivity index (χ3n) is 5.85. The van der Waals surface area contributed by atoms with Gasteiger partial charge >= 0.3 is 0 Å². The zero-order valence-corrected chi connectivity index (χ0v) is 17.9.